The summed E-state index contributed by atoms with van der Waals surface area (Å²) in [6.07, 6.45) is 0. The molecule has 0 fully saturated rings. The van der Waals surface area contributed by atoms with Crippen molar-refractivity contribution in [3.63, 3.8) is 0 Å². The number of hydrogen-bond donors (Lipinski definition) is 1. The highest BCUT2D eigenvalue weighted by Gasteiger charge is 2.14. The highest BCUT2D eigenvalue weighted by molar-refractivity contribution is 7.12. The van der Waals surface area contributed by atoms with Gasteiger partial charge >= 0.3 is 0 Å². The molecule has 84 valence electrons. The maximum absolute atomic E-state index is 6.17. The second-order valence-electron chi connectivity index (χ2n) is 3.59. The Morgan fingerprint density at radius 3 is 2.56 bits per heavy atom. The van der Waals surface area contributed by atoms with E-state index in [9.17, 15) is 0 Å². The summed E-state index contributed by atoms with van der Waals surface area (Å²) in [5.74, 6) is 0. The van der Waals surface area contributed by atoms with Crippen molar-refractivity contribution in [1.82, 2.24) is 0 Å². The summed E-state index contributed by atoms with van der Waals surface area (Å²) >= 11 is 13.7. The summed E-state index contributed by atoms with van der Waals surface area (Å²) < 4.78 is 0. The maximum Gasteiger partial charge on any atom is 0.0661 e. The zero-order chi connectivity index (χ0) is 11.7. The molecule has 2 rings (SSSR count). The lowest BCUT2D eigenvalue weighted by Gasteiger charge is -2.12. The minimum absolute atomic E-state index is 0.204. The fourth-order valence-corrected chi connectivity index (χ4v) is 2.84. The van der Waals surface area contributed by atoms with Crippen LogP contribution in [0.25, 0.3) is 0 Å². The van der Waals surface area contributed by atoms with E-state index in [1.54, 1.807) is 23.5 Å². The van der Waals surface area contributed by atoms with Gasteiger partial charge in [0.15, 0.2) is 0 Å². The van der Waals surface area contributed by atoms with Gasteiger partial charge in [-0.3, -0.25) is 0 Å². The van der Waals surface area contributed by atoms with E-state index in [0.29, 0.717) is 10.0 Å². The molecular weight excluding hydrogens is 261 g/mol. The van der Waals surface area contributed by atoms with Crippen molar-refractivity contribution >= 4 is 34.5 Å². The fourth-order valence-electron chi connectivity index (χ4n) is 1.53. The minimum Gasteiger partial charge on any atom is -0.320 e. The lowest BCUT2D eigenvalue weighted by Crippen LogP contribution is -2.10. The predicted octanol–water partition coefficient (Wildman–Crippen LogP) is 4.41. The Morgan fingerprint density at radius 1 is 1.19 bits per heavy atom. The molecule has 1 atom stereocenters. The first-order chi connectivity index (χ1) is 7.58. The topological polar surface area (TPSA) is 26.0 Å². The Kier molecular flexibility index (Phi) is 3.55. The van der Waals surface area contributed by atoms with Crippen LogP contribution in [0.2, 0.25) is 10.0 Å². The van der Waals surface area contributed by atoms with Crippen molar-refractivity contribution in [2.75, 3.05) is 0 Å². The normalized spacial score (nSPS) is 12.8. The van der Waals surface area contributed by atoms with Crippen LogP contribution in [0.5, 0.6) is 0 Å². The molecule has 0 saturated carbocycles. The smallest absolute Gasteiger partial charge is 0.0661 e. The summed E-state index contributed by atoms with van der Waals surface area (Å²) in [4.78, 5) is 2.34. The quantitative estimate of drug-likeness (QED) is 0.860. The standard InChI is InChI=1S/C12H11Cl2NS/c1-7-2-5-11(16-7)12(15)9-6-8(13)3-4-10(9)14/h2-6,12H,15H2,1H3. The third-order valence-corrected chi connectivity index (χ3v) is 4.02. The molecule has 1 aromatic heterocycles. The van der Waals surface area contributed by atoms with Crippen LogP contribution in [0, 0.1) is 6.92 Å². The van der Waals surface area contributed by atoms with Gasteiger partial charge in [-0.05, 0) is 42.8 Å². The molecular formula is C12H11Cl2NS. The van der Waals surface area contributed by atoms with E-state index in [0.717, 1.165) is 10.4 Å². The average molecular weight is 272 g/mol. The summed E-state index contributed by atoms with van der Waals surface area (Å²) in [6.45, 7) is 2.06. The van der Waals surface area contributed by atoms with Crippen molar-refractivity contribution in [2.45, 2.75) is 13.0 Å². The van der Waals surface area contributed by atoms with Crippen molar-refractivity contribution in [3.05, 3.63) is 55.7 Å². The van der Waals surface area contributed by atoms with Crippen LogP contribution in [-0.4, -0.2) is 0 Å². The first-order valence-corrected chi connectivity index (χ1v) is 6.42. The molecule has 1 nitrogen and oxygen atoms in total. The SMILES string of the molecule is Cc1ccc(C(N)c2cc(Cl)ccc2Cl)s1. The number of benzene rings is 1. The second kappa shape index (κ2) is 4.76. The highest BCUT2D eigenvalue weighted by Crippen LogP contribution is 2.32. The van der Waals surface area contributed by atoms with Crippen LogP contribution in [0.15, 0.2) is 30.3 Å². The van der Waals surface area contributed by atoms with E-state index < -0.39 is 0 Å². The molecule has 0 radical (unpaired) electrons. The van der Waals surface area contributed by atoms with E-state index in [4.69, 9.17) is 28.9 Å². The number of hydrogen-bond acceptors (Lipinski definition) is 2. The minimum atomic E-state index is -0.204. The van der Waals surface area contributed by atoms with E-state index in [2.05, 4.69) is 13.0 Å². The molecule has 0 spiro atoms. The van der Waals surface area contributed by atoms with Crippen LogP contribution in [-0.2, 0) is 0 Å². The molecule has 4 heteroatoms. The van der Waals surface area contributed by atoms with Gasteiger partial charge in [0.05, 0.1) is 6.04 Å². The van der Waals surface area contributed by atoms with Crippen LogP contribution in [0.1, 0.15) is 21.4 Å². The van der Waals surface area contributed by atoms with Gasteiger partial charge in [-0.2, -0.15) is 0 Å². The summed E-state index contributed by atoms with van der Waals surface area (Å²) in [5.41, 5.74) is 7.04. The van der Waals surface area contributed by atoms with E-state index in [1.165, 1.54) is 4.88 Å². The molecule has 2 aromatic rings. The van der Waals surface area contributed by atoms with Crippen molar-refractivity contribution in [1.29, 1.82) is 0 Å². The van der Waals surface area contributed by atoms with Crippen molar-refractivity contribution in [3.8, 4) is 0 Å². The first kappa shape index (κ1) is 11.9. The maximum atomic E-state index is 6.17. The van der Waals surface area contributed by atoms with E-state index >= 15 is 0 Å². The average Bonchev–Trinajstić information content (AvgIpc) is 2.67. The van der Waals surface area contributed by atoms with Gasteiger partial charge in [0.2, 0.25) is 0 Å². The van der Waals surface area contributed by atoms with Gasteiger partial charge in [0.25, 0.3) is 0 Å². The number of halogens is 2. The molecule has 1 heterocycles. The third-order valence-electron chi connectivity index (χ3n) is 2.36. The zero-order valence-electron chi connectivity index (χ0n) is 8.71. The van der Waals surface area contributed by atoms with Crippen molar-refractivity contribution < 1.29 is 0 Å². The van der Waals surface area contributed by atoms with Crippen LogP contribution < -0.4 is 5.73 Å². The number of thiophene rings is 1. The molecule has 2 N–H and O–H groups in total. The van der Waals surface area contributed by atoms with Gasteiger partial charge in [-0.15, -0.1) is 11.3 Å². The van der Waals surface area contributed by atoms with E-state index in [-0.39, 0.29) is 6.04 Å². The second-order valence-corrected chi connectivity index (χ2v) is 5.76. The Morgan fingerprint density at radius 2 is 1.94 bits per heavy atom. The molecule has 1 aromatic carbocycles. The molecule has 0 aliphatic heterocycles. The largest absolute Gasteiger partial charge is 0.320 e. The zero-order valence-corrected chi connectivity index (χ0v) is 11.0. The Balaban J connectivity index is 2.40. The number of rotatable bonds is 2. The van der Waals surface area contributed by atoms with Gasteiger partial charge in [0, 0.05) is 19.8 Å². The van der Waals surface area contributed by atoms with Gasteiger partial charge < -0.3 is 5.73 Å². The molecule has 16 heavy (non-hydrogen) atoms. The molecule has 0 aliphatic carbocycles. The summed E-state index contributed by atoms with van der Waals surface area (Å²) in [7, 11) is 0. The number of nitrogens with two attached hydrogens (primary N) is 1. The van der Waals surface area contributed by atoms with Gasteiger partial charge in [-0.1, -0.05) is 23.2 Å². The predicted molar refractivity (Wildman–Crippen MR) is 71.5 cm³/mol. The van der Waals surface area contributed by atoms with Gasteiger partial charge in [-0.25, -0.2) is 0 Å². The van der Waals surface area contributed by atoms with E-state index in [1.807, 2.05) is 12.1 Å². The molecule has 0 saturated heterocycles. The Labute approximate surface area is 109 Å². The van der Waals surface area contributed by atoms with Crippen LogP contribution in [0.4, 0.5) is 0 Å². The Hall–Kier alpha value is -0.540. The lowest BCUT2D eigenvalue weighted by molar-refractivity contribution is 0.894. The molecule has 0 aliphatic rings. The molecule has 0 amide bonds. The fraction of sp³-hybridized carbons (Fsp3) is 0.167. The van der Waals surface area contributed by atoms with Crippen molar-refractivity contribution in [2.24, 2.45) is 5.73 Å². The van der Waals surface area contributed by atoms with Crippen LogP contribution >= 0.6 is 34.5 Å². The third kappa shape index (κ3) is 2.41. The van der Waals surface area contributed by atoms with Gasteiger partial charge in [0.1, 0.15) is 0 Å². The summed E-state index contributed by atoms with van der Waals surface area (Å²) in [5, 5.41) is 1.31. The molecule has 0 bridgehead atoms. The molecule has 1 unspecified atom stereocenters. The first-order valence-electron chi connectivity index (χ1n) is 4.85. The number of aryl methyl sites for hydroxylation is 1. The lowest BCUT2D eigenvalue weighted by atomic mass is 10.1. The monoisotopic (exact) mass is 271 g/mol. The Bertz CT molecular complexity index is 507. The van der Waals surface area contributed by atoms with Crippen LogP contribution in [0.3, 0.4) is 0 Å². The summed E-state index contributed by atoms with van der Waals surface area (Å²) in [6, 6.07) is 9.24. The highest BCUT2D eigenvalue weighted by atomic mass is 35.5.